The number of benzene rings is 1. The van der Waals surface area contributed by atoms with Crippen LogP contribution in [0.1, 0.15) is 6.92 Å². The molecule has 0 aliphatic carbocycles. The van der Waals surface area contributed by atoms with Crippen LogP contribution in [0.25, 0.3) is 0 Å². The number of halogens is 2. The first-order valence-electron chi connectivity index (χ1n) is 4.59. The molecule has 0 unspecified atom stereocenters. The van der Waals surface area contributed by atoms with Crippen molar-refractivity contribution < 1.29 is 13.9 Å². The highest BCUT2D eigenvalue weighted by atomic mass is 35.5. The van der Waals surface area contributed by atoms with Gasteiger partial charge in [-0.25, -0.2) is 4.39 Å². The molecular formula is C10H14ClFN2O2. The Hall–Kier alpha value is -1.33. The lowest BCUT2D eigenvalue weighted by Crippen LogP contribution is -2.21. The van der Waals surface area contributed by atoms with Gasteiger partial charge in [0.15, 0.2) is 11.6 Å². The Balaban J connectivity index is 0.00000225. The zero-order valence-corrected chi connectivity index (χ0v) is 9.64. The van der Waals surface area contributed by atoms with Crippen LogP contribution in [0.3, 0.4) is 0 Å². The number of nitrogens with two attached hydrogens (primary N) is 1. The van der Waals surface area contributed by atoms with E-state index in [1.165, 1.54) is 12.1 Å². The van der Waals surface area contributed by atoms with Crippen molar-refractivity contribution in [1.82, 2.24) is 0 Å². The summed E-state index contributed by atoms with van der Waals surface area (Å²) < 4.78 is 18.3. The standard InChI is InChI=1S/C10H13FN2O2.ClH/c1-2-15-9-4-3-7(5-8(9)11)13-10(14)6-12;/h3-5H,2,6,12H2,1H3,(H,13,14);1H. The molecule has 1 rings (SSSR count). The third-order valence-corrected chi connectivity index (χ3v) is 1.70. The summed E-state index contributed by atoms with van der Waals surface area (Å²) in [5.74, 6) is -0.700. The van der Waals surface area contributed by atoms with Crippen LogP contribution in [0.4, 0.5) is 10.1 Å². The van der Waals surface area contributed by atoms with Gasteiger partial charge in [0.05, 0.1) is 13.2 Å². The maximum atomic E-state index is 13.3. The SMILES string of the molecule is CCOc1ccc(NC(=O)CN)cc1F.Cl. The van der Waals surface area contributed by atoms with Crippen molar-refractivity contribution in [3.05, 3.63) is 24.0 Å². The fraction of sp³-hybridized carbons (Fsp3) is 0.300. The van der Waals surface area contributed by atoms with Crippen molar-refractivity contribution in [2.45, 2.75) is 6.92 Å². The molecular weight excluding hydrogens is 235 g/mol. The van der Waals surface area contributed by atoms with E-state index >= 15 is 0 Å². The minimum Gasteiger partial charge on any atom is -0.491 e. The second-order valence-electron chi connectivity index (χ2n) is 2.83. The van der Waals surface area contributed by atoms with Crippen LogP contribution in [0.5, 0.6) is 5.75 Å². The van der Waals surface area contributed by atoms with Crippen molar-refractivity contribution in [3.8, 4) is 5.75 Å². The Bertz CT molecular complexity index is 361. The fourth-order valence-electron chi connectivity index (χ4n) is 1.06. The van der Waals surface area contributed by atoms with E-state index in [4.69, 9.17) is 10.5 Å². The van der Waals surface area contributed by atoms with Gasteiger partial charge in [0, 0.05) is 11.8 Å². The van der Waals surface area contributed by atoms with Gasteiger partial charge in [-0.3, -0.25) is 4.79 Å². The Morgan fingerprint density at radius 1 is 1.56 bits per heavy atom. The molecule has 0 aromatic heterocycles. The summed E-state index contributed by atoms with van der Waals surface area (Å²) in [7, 11) is 0. The number of hydrogen-bond acceptors (Lipinski definition) is 3. The van der Waals surface area contributed by atoms with Crippen molar-refractivity contribution in [2.24, 2.45) is 5.73 Å². The van der Waals surface area contributed by atoms with Gasteiger partial charge in [-0.2, -0.15) is 0 Å². The van der Waals surface area contributed by atoms with Gasteiger partial charge >= 0.3 is 0 Å². The number of amides is 1. The highest BCUT2D eigenvalue weighted by Crippen LogP contribution is 2.20. The molecule has 0 heterocycles. The maximum absolute atomic E-state index is 13.3. The minimum absolute atomic E-state index is 0. The molecule has 0 aliphatic rings. The molecule has 4 nitrogen and oxygen atoms in total. The molecule has 1 amide bonds. The van der Waals surface area contributed by atoms with E-state index in [2.05, 4.69) is 5.32 Å². The van der Waals surface area contributed by atoms with Crippen LogP contribution < -0.4 is 15.8 Å². The normalized spacial score (nSPS) is 9.19. The van der Waals surface area contributed by atoms with Crippen LogP contribution in [0.15, 0.2) is 18.2 Å². The lowest BCUT2D eigenvalue weighted by Gasteiger charge is -2.07. The number of carbonyl (C=O) groups is 1. The van der Waals surface area contributed by atoms with Crippen LogP contribution >= 0.6 is 12.4 Å². The maximum Gasteiger partial charge on any atom is 0.238 e. The van der Waals surface area contributed by atoms with Crippen LogP contribution in [0.2, 0.25) is 0 Å². The van der Waals surface area contributed by atoms with E-state index in [0.717, 1.165) is 0 Å². The Morgan fingerprint density at radius 3 is 2.75 bits per heavy atom. The number of anilines is 1. The topological polar surface area (TPSA) is 64.3 Å². The number of nitrogens with one attached hydrogen (secondary N) is 1. The summed E-state index contributed by atoms with van der Waals surface area (Å²) in [6.07, 6.45) is 0. The molecule has 0 radical (unpaired) electrons. The van der Waals surface area contributed by atoms with Gasteiger partial charge in [-0.15, -0.1) is 12.4 Å². The molecule has 1 aromatic rings. The average Bonchev–Trinajstić information content (AvgIpc) is 2.22. The molecule has 3 N–H and O–H groups in total. The third kappa shape index (κ3) is 4.04. The van der Waals surface area contributed by atoms with Crippen molar-refractivity contribution in [3.63, 3.8) is 0 Å². The summed E-state index contributed by atoms with van der Waals surface area (Å²) >= 11 is 0. The largest absolute Gasteiger partial charge is 0.491 e. The molecule has 0 aliphatic heterocycles. The van der Waals surface area contributed by atoms with Gasteiger partial charge in [0.25, 0.3) is 0 Å². The van der Waals surface area contributed by atoms with E-state index < -0.39 is 5.82 Å². The van der Waals surface area contributed by atoms with E-state index in [1.807, 2.05) is 0 Å². The minimum atomic E-state index is -0.508. The number of carbonyl (C=O) groups excluding carboxylic acids is 1. The predicted octanol–water partition coefficient (Wildman–Crippen LogP) is 1.54. The van der Waals surface area contributed by atoms with Gasteiger partial charge < -0.3 is 15.8 Å². The molecule has 6 heteroatoms. The highest BCUT2D eigenvalue weighted by molar-refractivity contribution is 5.92. The molecule has 0 fully saturated rings. The first kappa shape index (κ1) is 14.7. The predicted molar refractivity (Wildman–Crippen MR) is 62.5 cm³/mol. The van der Waals surface area contributed by atoms with Gasteiger partial charge in [-0.05, 0) is 19.1 Å². The second-order valence-corrected chi connectivity index (χ2v) is 2.83. The lowest BCUT2D eigenvalue weighted by atomic mass is 10.3. The smallest absolute Gasteiger partial charge is 0.238 e. The molecule has 1 aromatic carbocycles. The summed E-state index contributed by atoms with van der Waals surface area (Å²) in [5, 5.41) is 2.44. The third-order valence-electron chi connectivity index (χ3n) is 1.70. The Labute approximate surface area is 99.4 Å². The van der Waals surface area contributed by atoms with Crippen LogP contribution in [-0.4, -0.2) is 19.1 Å². The molecule has 16 heavy (non-hydrogen) atoms. The van der Waals surface area contributed by atoms with Gasteiger partial charge in [0.2, 0.25) is 5.91 Å². The van der Waals surface area contributed by atoms with Crippen LogP contribution in [-0.2, 0) is 4.79 Å². The Morgan fingerprint density at radius 2 is 2.25 bits per heavy atom. The summed E-state index contributed by atoms with van der Waals surface area (Å²) in [5.41, 5.74) is 5.47. The van der Waals surface area contributed by atoms with E-state index in [-0.39, 0.29) is 30.6 Å². The molecule has 0 atom stereocenters. The highest BCUT2D eigenvalue weighted by Gasteiger charge is 2.05. The van der Waals surface area contributed by atoms with Gasteiger partial charge in [0.1, 0.15) is 0 Å². The molecule has 0 saturated carbocycles. The van der Waals surface area contributed by atoms with Crippen molar-refractivity contribution >= 4 is 24.0 Å². The zero-order valence-electron chi connectivity index (χ0n) is 8.83. The van der Waals surface area contributed by atoms with Gasteiger partial charge in [-0.1, -0.05) is 0 Å². The van der Waals surface area contributed by atoms with E-state index in [0.29, 0.717) is 12.3 Å². The zero-order chi connectivity index (χ0) is 11.3. The number of hydrogen-bond donors (Lipinski definition) is 2. The summed E-state index contributed by atoms with van der Waals surface area (Å²) in [6.45, 7) is 2.03. The van der Waals surface area contributed by atoms with E-state index in [1.54, 1.807) is 13.0 Å². The number of rotatable bonds is 4. The second kappa shape index (κ2) is 7.03. The molecule has 0 bridgehead atoms. The molecule has 90 valence electrons. The monoisotopic (exact) mass is 248 g/mol. The van der Waals surface area contributed by atoms with Crippen LogP contribution in [0, 0.1) is 5.82 Å². The fourth-order valence-corrected chi connectivity index (χ4v) is 1.06. The quantitative estimate of drug-likeness (QED) is 0.850. The first-order chi connectivity index (χ1) is 7.17. The molecule has 0 spiro atoms. The van der Waals surface area contributed by atoms with E-state index in [9.17, 15) is 9.18 Å². The number of ether oxygens (including phenoxy) is 1. The summed E-state index contributed by atoms with van der Waals surface area (Å²) in [4.78, 5) is 10.9. The Kier molecular flexibility index (Phi) is 6.44. The average molecular weight is 249 g/mol. The summed E-state index contributed by atoms with van der Waals surface area (Å²) in [6, 6.07) is 4.21. The molecule has 0 saturated heterocycles. The van der Waals surface area contributed by atoms with Crippen molar-refractivity contribution in [1.29, 1.82) is 0 Å². The lowest BCUT2D eigenvalue weighted by molar-refractivity contribution is -0.114. The first-order valence-corrected chi connectivity index (χ1v) is 4.59. The van der Waals surface area contributed by atoms with Crippen molar-refractivity contribution in [2.75, 3.05) is 18.5 Å².